The predicted octanol–water partition coefficient (Wildman–Crippen LogP) is 3.37. The zero-order chi connectivity index (χ0) is 19.1. The number of aromatic nitrogens is 1. The number of hydrogen-bond acceptors (Lipinski definition) is 5. The number of ether oxygens (including phenoxy) is 1. The van der Waals surface area contributed by atoms with Gasteiger partial charge in [0.2, 0.25) is 0 Å². The first-order valence-electron chi connectivity index (χ1n) is 8.24. The van der Waals surface area contributed by atoms with Gasteiger partial charge in [0, 0.05) is 12.4 Å². The van der Waals surface area contributed by atoms with Gasteiger partial charge in [0.1, 0.15) is 5.75 Å². The van der Waals surface area contributed by atoms with E-state index in [2.05, 4.69) is 15.5 Å². The smallest absolute Gasteiger partial charge is 0.343 e. The number of carbonyl (C=O) groups is 2. The molecule has 0 aliphatic carbocycles. The van der Waals surface area contributed by atoms with Crippen LogP contribution in [0.25, 0.3) is 0 Å². The van der Waals surface area contributed by atoms with Crippen molar-refractivity contribution in [3.8, 4) is 5.75 Å². The summed E-state index contributed by atoms with van der Waals surface area (Å²) in [6, 6.07) is 17.3. The third-order valence-electron chi connectivity index (χ3n) is 3.68. The maximum absolute atomic E-state index is 12.1. The molecule has 0 atom stereocenters. The van der Waals surface area contributed by atoms with Gasteiger partial charge in [-0.2, -0.15) is 5.10 Å². The Labute approximate surface area is 156 Å². The number of aryl methyl sites for hydroxylation is 1. The van der Waals surface area contributed by atoms with E-state index in [-0.39, 0.29) is 5.91 Å². The summed E-state index contributed by atoms with van der Waals surface area (Å²) in [6.07, 6.45) is 4.55. The molecule has 0 saturated heterocycles. The van der Waals surface area contributed by atoms with Crippen molar-refractivity contribution in [3.05, 3.63) is 95.3 Å². The monoisotopic (exact) mass is 359 g/mol. The van der Waals surface area contributed by atoms with Crippen molar-refractivity contribution in [1.29, 1.82) is 0 Å². The fourth-order valence-electron chi connectivity index (χ4n) is 2.20. The molecule has 0 spiro atoms. The first-order valence-corrected chi connectivity index (χ1v) is 8.24. The lowest BCUT2D eigenvalue weighted by molar-refractivity contribution is 0.0734. The predicted molar refractivity (Wildman–Crippen MR) is 102 cm³/mol. The van der Waals surface area contributed by atoms with Gasteiger partial charge in [0.05, 0.1) is 17.3 Å². The summed E-state index contributed by atoms with van der Waals surface area (Å²) in [6.45, 7) is 1.95. The molecule has 2 aromatic carbocycles. The summed E-state index contributed by atoms with van der Waals surface area (Å²) in [4.78, 5) is 27.8. The lowest BCUT2D eigenvalue weighted by Crippen LogP contribution is -2.17. The van der Waals surface area contributed by atoms with Gasteiger partial charge >= 0.3 is 5.97 Å². The molecule has 134 valence electrons. The minimum absolute atomic E-state index is 0.344. The number of pyridine rings is 1. The highest BCUT2D eigenvalue weighted by Gasteiger charge is 2.08. The average Bonchev–Trinajstić information content (AvgIpc) is 2.70. The van der Waals surface area contributed by atoms with Crippen molar-refractivity contribution in [2.75, 3.05) is 0 Å². The van der Waals surface area contributed by atoms with Gasteiger partial charge in [-0.15, -0.1) is 0 Å². The van der Waals surface area contributed by atoms with Crippen molar-refractivity contribution in [2.45, 2.75) is 6.92 Å². The number of nitrogens with one attached hydrogen (secondary N) is 1. The summed E-state index contributed by atoms with van der Waals surface area (Å²) in [7, 11) is 0. The second-order valence-electron chi connectivity index (χ2n) is 5.77. The Morgan fingerprint density at radius 3 is 2.41 bits per heavy atom. The van der Waals surface area contributed by atoms with Crippen LogP contribution in [0.2, 0.25) is 0 Å². The highest BCUT2D eigenvalue weighted by Crippen LogP contribution is 2.14. The standard InChI is InChI=1S/C21H17N3O3/c1-15-4-8-17(9-5-15)21(26)27-19-10-6-16(7-11-19)13-23-24-20(25)18-3-2-12-22-14-18/h2-14H,1H3,(H,24,25)/b23-13+. The Hall–Kier alpha value is -3.80. The van der Waals surface area contributed by atoms with E-state index in [1.165, 1.54) is 12.4 Å². The van der Waals surface area contributed by atoms with E-state index in [1.54, 1.807) is 54.7 Å². The van der Waals surface area contributed by atoms with Crippen LogP contribution >= 0.6 is 0 Å². The van der Waals surface area contributed by atoms with E-state index in [9.17, 15) is 9.59 Å². The van der Waals surface area contributed by atoms with E-state index >= 15 is 0 Å². The maximum Gasteiger partial charge on any atom is 0.343 e. The van der Waals surface area contributed by atoms with Crippen LogP contribution in [0, 0.1) is 6.92 Å². The molecule has 27 heavy (non-hydrogen) atoms. The fourth-order valence-corrected chi connectivity index (χ4v) is 2.20. The zero-order valence-corrected chi connectivity index (χ0v) is 14.6. The molecular formula is C21H17N3O3. The molecule has 1 N–H and O–H groups in total. The second kappa shape index (κ2) is 8.53. The quantitative estimate of drug-likeness (QED) is 0.328. The molecular weight excluding hydrogens is 342 g/mol. The van der Waals surface area contributed by atoms with Gasteiger partial charge in [0.15, 0.2) is 0 Å². The van der Waals surface area contributed by atoms with Crippen molar-refractivity contribution >= 4 is 18.1 Å². The largest absolute Gasteiger partial charge is 0.423 e. The molecule has 0 unspecified atom stereocenters. The zero-order valence-electron chi connectivity index (χ0n) is 14.6. The van der Waals surface area contributed by atoms with Crippen LogP contribution in [0.1, 0.15) is 31.8 Å². The van der Waals surface area contributed by atoms with Crippen LogP contribution in [0.5, 0.6) is 5.75 Å². The van der Waals surface area contributed by atoms with Gasteiger partial charge in [-0.05, 0) is 61.0 Å². The van der Waals surface area contributed by atoms with Crippen molar-refractivity contribution < 1.29 is 14.3 Å². The summed E-state index contributed by atoms with van der Waals surface area (Å²) in [5.74, 6) is -0.333. The normalized spacial score (nSPS) is 10.6. The summed E-state index contributed by atoms with van der Waals surface area (Å²) in [5, 5.41) is 3.90. The number of esters is 1. The van der Waals surface area contributed by atoms with Crippen LogP contribution in [0.15, 0.2) is 78.2 Å². The van der Waals surface area contributed by atoms with E-state index in [0.717, 1.165) is 11.1 Å². The number of nitrogens with zero attached hydrogens (tertiary/aromatic N) is 2. The Morgan fingerprint density at radius 2 is 1.74 bits per heavy atom. The average molecular weight is 359 g/mol. The van der Waals surface area contributed by atoms with Gasteiger partial charge in [-0.25, -0.2) is 10.2 Å². The van der Waals surface area contributed by atoms with Crippen molar-refractivity contribution in [2.24, 2.45) is 5.10 Å². The highest BCUT2D eigenvalue weighted by molar-refractivity contribution is 5.94. The van der Waals surface area contributed by atoms with E-state index in [1.807, 2.05) is 19.1 Å². The lowest BCUT2D eigenvalue weighted by Gasteiger charge is -2.05. The summed E-state index contributed by atoms with van der Waals surface area (Å²) >= 11 is 0. The first-order chi connectivity index (χ1) is 13.1. The molecule has 0 saturated carbocycles. The Kier molecular flexibility index (Phi) is 5.69. The van der Waals surface area contributed by atoms with Crippen molar-refractivity contribution in [1.82, 2.24) is 10.4 Å². The number of hydrogen-bond donors (Lipinski definition) is 1. The van der Waals surface area contributed by atoms with Crippen molar-refractivity contribution in [3.63, 3.8) is 0 Å². The Balaban J connectivity index is 1.56. The molecule has 3 rings (SSSR count). The molecule has 3 aromatic rings. The van der Waals surface area contributed by atoms with E-state index in [0.29, 0.717) is 16.9 Å². The molecule has 0 fully saturated rings. The Morgan fingerprint density at radius 1 is 1.00 bits per heavy atom. The highest BCUT2D eigenvalue weighted by atomic mass is 16.5. The van der Waals surface area contributed by atoms with Gasteiger partial charge < -0.3 is 4.74 Å². The molecule has 0 aliphatic rings. The number of benzene rings is 2. The Bertz CT molecular complexity index is 950. The summed E-state index contributed by atoms with van der Waals surface area (Å²) in [5.41, 5.74) is 5.16. The van der Waals surface area contributed by atoms with Crippen LogP contribution in [0.3, 0.4) is 0 Å². The molecule has 6 nitrogen and oxygen atoms in total. The third-order valence-corrected chi connectivity index (χ3v) is 3.68. The van der Waals surface area contributed by atoms with Crippen LogP contribution in [0.4, 0.5) is 0 Å². The van der Waals surface area contributed by atoms with E-state index < -0.39 is 5.97 Å². The van der Waals surface area contributed by atoms with Crippen LogP contribution in [-0.4, -0.2) is 23.1 Å². The summed E-state index contributed by atoms with van der Waals surface area (Å²) < 4.78 is 5.34. The minimum Gasteiger partial charge on any atom is -0.423 e. The number of carbonyl (C=O) groups excluding carboxylic acids is 2. The molecule has 1 amide bonds. The van der Waals surface area contributed by atoms with Gasteiger partial charge in [0.25, 0.3) is 5.91 Å². The first kappa shape index (κ1) is 18.0. The second-order valence-corrected chi connectivity index (χ2v) is 5.77. The molecule has 0 bridgehead atoms. The van der Waals surface area contributed by atoms with E-state index in [4.69, 9.17) is 4.74 Å². The molecule has 1 aromatic heterocycles. The molecule has 1 heterocycles. The SMILES string of the molecule is Cc1ccc(C(=O)Oc2ccc(/C=N/NC(=O)c3cccnc3)cc2)cc1. The van der Waals surface area contributed by atoms with Crippen LogP contribution in [-0.2, 0) is 0 Å². The molecule has 0 radical (unpaired) electrons. The maximum atomic E-state index is 12.1. The van der Waals surface area contributed by atoms with Gasteiger partial charge in [-0.3, -0.25) is 9.78 Å². The fraction of sp³-hybridized carbons (Fsp3) is 0.0476. The number of amides is 1. The minimum atomic E-state index is -0.417. The molecule has 6 heteroatoms. The lowest BCUT2D eigenvalue weighted by atomic mass is 10.1. The van der Waals surface area contributed by atoms with Gasteiger partial charge in [-0.1, -0.05) is 17.7 Å². The van der Waals surface area contributed by atoms with Crippen LogP contribution < -0.4 is 10.2 Å². The topological polar surface area (TPSA) is 80.6 Å². The number of rotatable bonds is 5. The number of hydrazone groups is 1. The molecule has 0 aliphatic heterocycles. The third kappa shape index (κ3) is 5.09.